The zero-order valence-corrected chi connectivity index (χ0v) is 11.0. The standard InChI is InChI=1S/C12H14F2N2O4/c1-3-20-11(17)7-15(2)10-5-4-8(16(18)19)6-9(10)12(13)14/h4-6,12H,3,7H2,1-2H3. The molecule has 0 aliphatic carbocycles. The first kappa shape index (κ1) is 15.8. The molecule has 6 nitrogen and oxygen atoms in total. The van der Waals surface area contributed by atoms with Crippen LogP contribution in [0.25, 0.3) is 0 Å². The van der Waals surface area contributed by atoms with Crippen molar-refractivity contribution in [3.63, 3.8) is 0 Å². The number of carbonyl (C=O) groups excluding carboxylic acids is 1. The number of hydrogen-bond donors (Lipinski definition) is 0. The second-order valence-electron chi connectivity index (χ2n) is 3.96. The summed E-state index contributed by atoms with van der Waals surface area (Å²) in [5, 5.41) is 10.6. The third-order valence-corrected chi connectivity index (χ3v) is 2.54. The van der Waals surface area contributed by atoms with Crippen LogP contribution in [0.3, 0.4) is 0 Å². The average Bonchev–Trinajstić information content (AvgIpc) is 2.37. The Labute approximate surface area is 114 Å². The van der Waals surface area contributed by atoms with Crippen molar-refractivity contribution in [3.8, 4) is 0 Å². The van der Waals surface area contributed by atoms with E-state index in [1.165, 1.54) is 18.0 Å². The van der Waals surface area contributed by atoms with E-state index in [4.69, 9.17) is 4.74 Å². The van der Waals surface area contributed by atoms with Crippen LogP contribution in [-0.2, 0) is 9.53 Å². The number of carbonyl (C=O) groups is 1. The summed E-state index contributed by atoms with van der Waals surface area (Å²) in [4.78, 5) is 22.4. The Morgan fingerprint density at radius 2 is 2.15 bits per heavy atom. The molecule has 0 N–H and O–H groups in total. The molecular weight excluding hydrogens is 274 g/mol. The quantitative estimate of drug-likeness (QED) is 0.457. The first-order valence-corrected chi connectivity index (χ1v) is 5.80. The molecular formula is C12H14F2N2O4. The molecule has 0 radical (unpaired) electrons. The second-order valence-corrected chi connectivity index (χ2v) is 3.96. The van der Waals surface area contributed by atoms with E-state index >= 15 is 0 Å². The van der Waals surface area contributed by atoms with E-state index < -0.39 is 28.6 Å². The molecule has 0 spiro atoms. The van der Waals surface area contributed by atoms with Crippen LogP contribution in [-0.4, -0.2) is 31.1 Å². The molecule has 0 saturated carbocycles. The van der Waals surface area contributed by atoms with Crippen molar-refractivity contribution >= 4 is 17.3 Å². The Kier molecular flexibility index (Phi) is 5.36. The molecule has 0 saturated heterocycles. The highest BCUT2D eigenvalue weighted by Gasteiger charge is 2.21. The predicted molar refractivity (Wildman–Crippen MR) is 68.0 cm³/mol. The van der Waals surface area contributed by atoms with Crippen molar-refractivity contribution in [3.05, 3.63) is 33.9 Å². The maximum absolute atomic E-state index is 13.0. The largest absolute Gasteiger partial charge is 0.465 e. The highest BCUT2D eigenvalue weighted by Crippen LogP contribution is 2.32. The van der Waals surface area contributed by atoms with Gasteiger partial charge in [-0.25, -0.2) is 8.78 Å². The highest BCUT2D eigenvalue weighted by molar-refractivity contribution is 5.76. The maximum Gasteiger partial charge on any atom is 0.325 e. The molecule has 1 rings (SSSR count). The van der Waals surface area contributed by atoms with E-state index in [0.717, 1.165) is 12.1 Å². The van der Waals surface area contributed by atoms with Crippen molar-refractivity contribution in [1.82, 2.24) is 0 Å². The first-order valence-electron chi connectivity index (χ1n) is 5.80. The number of anilines is 1. The Morgan fingerprint density at radius 1 is 1.50 bits per heavy atom. The van der Waals surface area contributed by atoms with Gasteiger partial charge in [0.05, 0.1) is 11.5 Å². The minimum absolute atomic E-state index is 0.0543. The smallest absolute Gasteiger partial charge is 0.325 e. The van der Waals surface area contributed by atoms with Gasteiger partial charge in [-0.05, 0) is 13.0 Å². The van der Waals surface area contributed by atoms with E-state index in [0.29, 0.717) is 0 Å². The lowest BCUT2D eigenvalue weighted by Gasteiger charge is -2.21. The predicted octanol–water partition coefficient (Wildman–Crippen LogP) is 2.53. The van der Waals surface area contributed by atoms with E-state index in [9.17, 15) is 23.7 Å². The van der Waals surface area contributed by atoms with Gasteiger partial charge in [0, 0.05) is 30.4 Å². The SMILES string of the molecule is CCOC(=O)CN(C)c1ccc([N+](=O)[O-])cc1C(F)F. The fourth-order valence-corrected chi connectivity index (χ4v) is 1.66. The molecule has 0 amide bonds. The van der Waals surface area contributed by atoms with Crippen molar-refractivity contribution in [1.29, 1.82) is 0 Å². The normalized spacial score (nSPS) is 10.4. The van der Waals surface area contributed by atoms with Gasteiger partial charge in [0.2, 0.25) is 0 Å². The van der Waals surface area contributed by atoms with Gasteiger partial charge in [0.15, 0.2) is 0 Å². The van der Waals surface area contributed by atoms with Gasteiger partial charge in [-0.1, -0.05) is 0 Å². The van der Waals surface area contributed by atoms with Crippen LogP contribution < -0.4 is 4.90 Å². The molecule has 110 valence electrons. The van der Waals surface area contributed by atoms with Gasteiger partial charge in [-0.15, -0.1) is 0 Å². The molecule has 1 aromatic carbocycles. The fraction of sp³-hybridized carbons (Fsp3) is 0.417. The Bertz CT molecular complexity index is 508. The average molecular weight is 288 g/mol. The number of likely N-dealkylation sites (N-methyl/N-ethyl adjacent to an activating group) is 1. The van der Waals surface area contributed by atoms with Crippen molar-refractivity contribution in [2.24, 2.45) is 0 Å². The minimum atomic E-state index is -2.88. The maximum atomic E-state index is 13.0. The van der Waals surface area contributed by atoms with Crippen molar-refractivity contribution < 1.29 is 23.2 Å². The van der Waals surface area contributed by atoms with Gasteiger partial charge < -0.3 is 9.64 Å². The molecule has 0 heterocycles. The number of esters is 1. The lowest BCUT2D eigenvalue weighted by Crippen LogP contribution is -2.28. The zero-order valence-electron chi connectivity index (χ0n) is 11.0. The second kappa shape index (κ2) is 6.78. The molecule has 0 aromatic heterocycles. The summed E-state index contributed by atoms with van der Waals surface area (Å²) in [6.45, 7) is 1.61. The molecule has 0 aliphatic heterocycles. The third-order valence-electron chi connectivity index (χ3n) is 2.54. The van der Waals surface area contributed by atoms with Crippen LogP contribution in [0.1, 0.15) is 18.9 Å². The fourth-order valence-electron chi connectivity index (χ4n) is 1.66. The summed E-state index contributed by atoms with van der Waals surface area (Å²) >= 11 is 0. The van der Waals surface area contributed by atoms with Crippen molar-refractivity contribution in [2.75, 3.05) is 25.1 Å². The molecule has 1 aromatic rings. The number of halogens is 2. The monoisotopic (exact) mass is 288 g/mol. The van der Waals surface area contributed by atoms with Gasteiger partial charge in [-0.2, -0.15) is 0 Å². The number of non-ortho nitro benzene ring substituents is 1. The van der Waals surface area contributed by atoms with Crippen LogP contribution in [0.4, 0.5) is 20.2 Å². The summed E-state index contributed by atoms with van der Waals surface area (Å²) < 4.78 is 30.6. The lowest BCUT2D eigenvalue weighted by molar-refractivity contribution is -0.385. The zero-order chi connectivity index (χ0) is 15.3. The number of nitrogens with zero attached hydrogens (tertiary/aromatic N) is 2. The van der Waals surface area contributed by atoms with Crippen molar-refractivity contribution in [2.45, 2.75) is 13.3 Å². The molecule has 20 heavy (non-hydrogen) atoms. The van der Waals surface area contributed by atoms with E-state index in [-0.39, 0.29) is 18.8 Å². The number of nitro groups is 1. The van der Waals surface area contributed by atoms with Gasteiger partial charge in [0.1, 0.15) is 6.54 Å². The number of benzene rings is 1. The first-order chi connectivity index (χ1) is 9.36. The number of ether oxygens (including phenoxy) is 1. The van der Waals surface area contributed by atoms with E-state index in [2.05, 4.69) is 0 Å². The molecule has 0 fully saturated rings. The highest BCUT2D eigenvalue weighted by atomic mass is 19.3. The van der Waals surface area contributed by atoms with Gasteiger partial charge in [-0.3, -0.25) is 14.9 Å². The van der Waals surface area contributed by atoms with E-state index in [1.807, 2.05) is 0 Å². The van der Waals surface area contributed by atoms with Crippen LogP contribution >= 0.6 is 0 Å². The number of alkyl halides is 2. The van der Waals surface area contributed by atoms with Crippen LogP contribution in [0.15, 0.2) is 18.2 Å². The van der Waals surface area contributed by atoms with Crippen LogP contribution in [0, 0.1) is 10.1 Å². The molecule has 0 bridgehead atoms. The topological polar surface area (TPSA) is 72.7 Å². The number of rotatable bonds is 6. The van der Waals surface area contributed by atoms with Crippen LogP contribution in [0.5, 0.6) is 0 Å². The Hall–Kier alpha value is -2.25. The lowest BCUT2D eigenvalue weighted by atomic mass is 10.1. The van der Waals surface area contributed by atoms with E-state index in [1.54, 1.807) is 6.92 Å². The minimum Gasteiger partial charge on any atom is -0.465 e. The number of hydrogen-bond acceptors (Lipinski definition) is 5. The van der Waals surface area contributed by atoms with Gasteiger partial charge >= 0.3 is 5.97 Å². The molecule has 8 heteroatoms. The van der Waals surface area contributed by atoms with Gasteiger partial charge in [0.25, 0.3) is 12.1 Å². The Morgan fingerprint density at radius 3 is 2.65 bits per heavy atom. The molecule has 0 aliphatic rings. The molecule has 0 atom stereocenters. The summed E-state index contributed by atoms with van der Waals surface area (Å²) in [5.74, 6) is -0.562. The summed E-state index contributed by atoms with van der Waals surface area (Å²) in [6, 6.07) is 3.11. The summed E-state index contributed by atoms with van der Waals surface area (Å²) in [6.07, 6.45) is -2.88. The number of nitro benzene ring substituents is 1. The summed E-state index contributed by atoms with van der Waals surface area (Å²) in [5.41, 5.74) is -0.863. The summed E-state index contributed by atoms with van der Waals surface area (Å²) in [7, 11) is 1.43. The third kappa shape index (κ3) is 3.87. The Balaban J connectivity index is 3.04. The molecule has 0 unspecified atom stereocenters. The van der Waals surface area contributed by atoms with Crippen LogP contribution in [0.2, 0.25) is 0 Å².